The number of carbonyl (C=O) groups excluding carboxylic acids is 1. The van der Waals surface area contributed by atoms with Gasteiger partial charge in [-0.15, -0.1) is 0 Å². The van der Waals surface area contributed by atoms with Crippen LogP contribution in [0, 0.1) is 5.82 Å². The number of nitrogens with zero attached hydrogens (tertiary/aromatic N) is 1. The molecular weight excluding hydrogens is 415 g/mol. The molecule has 0 saturated heterocycles. The van der Waals surface area contributed by atoms with E-state index in [1.165, 1.54) is 16.4 Å². The molecular formula is C24H23FN2O3S. The number of hydrogen-bond donors (Lipinski definition) is 1. The molecule has 3 aromatic carbocycles. The minimum absolute atomic E-state index is 0.204. The van der Waals surface area contributed by atoms with Gasteiger partial charge in [0.15, 0.2) is 0 Å². The molecule has 1 N–H and O–H groups in total. The molecule has 7 heteroatoms. The van der Waals surface area contributed by atoms with Gasteiger partial charge < -0.3 is 5.32 Å². The molecule has 5 nitrogen and oxygen atoms in total. The van der Waals surface area contributed by atoms with Crippen molar-refractivity contribution in [1.82, 2.24) is 5.32 Å². The Morgan fingerprint density at radius 2 is 1.68 bits per heavy atom. The number of sulfonamides is 1. The fraction of sp³-hybridized carbons (Fsp3) is 0.208. The van der Waals surface area contributed by atoms with Crippen molar-refractivity contribution < 1.29 is 17.6 Å². The molecule has 160 valence electrons. The van der Waals surface area contributed by atoms with Crippen LogP contribution < -0.4 is 9.62 Å². The standard InChI is InChI=1S/C24H23FN2O3S/c1-2-17-9-12-22-21(15-17)20-5-3-4-6-23(20)31(29,30)27(22)16-24(28)26-14-13-18-7-10-19(25)11-8-18/h3-12,15H,2,13-14,16H2,1H3,(H,26,28). The van der Waals surface area contributed by atoms with Gasteiger partial charge in [-0.05, 0) is 54.3 Å². The summed E-state index contributed by atoms with van der Waals surface area (Å²) in [6.07, 6.45) is 1.35. The predicted molar refractivity (Wildman–Crippen MR) is 119 cm³/mol. The van der Waals surface area contributed by atoms with Gasteiger partial charge >= 0.3 is 0 Å². The zero-order chi connectivity index (χ0) is 22.0. The Labute approximate surface area is 181 Å². The van der Waals surface area contributed by atoms with Crippen molar-refractivity contribution in [2.75, 3.05) is 17.4 Å². The molecule has 0 saturated carbocycles. The van der Waals surface area contributed by atoms with Gasteiger partial charge in [0, 0.05) is 17.7 Å². The highest BCUT2D eigenvalue weighted by molar-refractivity contribution is 7.93. The molecule has 1 amide bonds. The van der Waals surface area contributed by atoms with E-state index in [0.717, 1.165) is 23.1 Å². The Hall–Kier alpha value is -3.19. The lowest BCUT2D eigenvalue weighted by Gasteiger charge is -2.32. The average Bonchev–Trinajstić information content (AvgIpc) is 2.78. The van der Waals surface area contributed by atoms with Crippen molar-refractivity contribution in [3.8, 4) is 11.1 Å². The van der Waals surface area contributed by atoms with Gasteiger partial charge in [0.2, 0.25) is 5.91 Å². The first-order valence-corrected chi connectivity index (χ1v) is 11.6. The van der Waals surface area contributed by atoms with Crippen molar-refractivity contribution in [2.45, 2.75) is 24.7 Å². The molecule has 1 aliphatic rings. The highest BCUT2D eigenvalue weighted by atomic mass is 32.2. The van der Waals surface area contributed by atoms with Crippen LogP contribution in [-0.2, 0) is 27.7 Å². The summed E-state index contributed by atoms with van der Waals surface area (Å²) in [4.78, 5) is 12.8. The van der Waals surface area contributed by atoms with Crippen LogP contribution in [0.15, 0.2) is 71.6 Å². The monoisotopic (exact) mass is 438 g/mol. The zero-order valence-electron chi connectivity index (χ0n) is 17.1. The number of aryl methyl sites for hydroxylation is 1. The molecule has 1 aliphatic heterocycles. The minimum atomic E-state index is -3.86. The second-order valence-electron chi connectivity index (χ2n) is 7.44. The highest BCUT2D eigenvalue weighted by Crippen LogP contribution is 2.43. The smallest absolute Gasteiger partial charge is 0.265 e. The third-order valence-electron chi connectivity index (χ3n) is 5.42. The van der Waals surface area contributed by atoms with E-state index < -0.39 is 15.9 Å². The van der Waals surface area contributed by atoms with Crippen LogP contribution in [0.4, 0.5) is 10.1 Å². The lowest BCUT2D eigenvalue weighted by atomic mass is 9.99. The molecule has 0 fully saturated rings. The summed E-state index contributed by atoms with van der Waals surface area (Å²) >= 11 is 0. The fourth-order valence-electron chi connectivity index (χ4n) is 3.75. The lowest BCUT2D eigenvalue weighted by molar-refractivity contribution is -0.119. The number of amides is 1. The van der Waals surface area contributed by atoms with E-state index in [-0.39, 0.29) is 17.3 Å². The van der Waals surface area contributed by atoms with E-state index in [2.05, 4.69) is 5.32 Å². The second kappa shape index (κ2) is 8.51. The van der Waals surface area contributed by atoms with E-state index in [9.17, 15) is 17.6 Å². The van der Waals surface area contributed by atoms with Crippen LogP contribution in [0.3, 0.4) is 0 Å². The maximum absolute atomic E-state index is 13.3. The predicted octanol–water partition coefficient (Wildman–Crippen LogP) is 3.92. The zero-order valence-corrected chi connectivity index (χ0v) is 18.0. The Morgan fingerprint density at radius 3 is 2.42 bits per heavy atom. The molecule has 0 radical (unpaired) electrons. The molecule has 0 aliphatic carbocycles. The molecule has 4 rings (SSSR count). The van der Waals surface area contributed by atoms with E-state index in [1.54, 1.807) is 36.4 Å². The fourth-order valence-corrected chi connectivity index (χ4v) is 5.40. The summed E-state index contributed by atoms with van der Waals surface area (Å²) in [5.74, 6) is -0.705. The van der Waals surface area contributed by atoms with Crippen molar-refractivity contribution in [3.63, 3.8) is 0 Å². The van der Waals surface area contributed by atoms with Crippen molar-refractivity contribution in [3.05, 3.63) is 83.7 Å². The molecule has 0 aromatic heterocycles. The van der Waals surface area contributed by atoms with Gasteiger partial charge in [0.1, 0.15) is 12.4 Å². The average molecular weight is 439 g/mol. The third-order valence-corrected chi connectivity index (χ3v) is 7.24. The van der Waals surface area contributed by atoms with Gasteiger partial charge in [-0.2, -0.15) is 0 Å². The largest absolute Gasteiger partial charge is 0.354 e. The number of fused-ring (bicyclic) bond motifs is 3. The quantitative estimate of drug-likeness (QED) is 0.634. The molecule has 0 unspecified atom stereocenters. The number of rotatable bonds is 6. The first-order valence-electron chi connectivity index (χ1n) is 10.2. The Balaban J connectivity index is 1.56. The van der Waals surface area contributed by atoms with Crippen LogP contribution in [-0.4, -0.2) is 27.4 Å². The number of anilines is 1. The second-order valence-corrected chi connectivity index (χ2v) is 9.27. The lowest BCUT2D eigenvalue weighted by Crippen LogP contribution is -2.43. The summed E-state index contributed by atoms with van der Waals surface area (Å²) in [5, 5.41) is 2.77. The maximum atomic E-state index is 13.3. The van der Waals surface area contributed by atoms with Crippen LogP contribution in [0.5, 0.6) is 0 Å². The molecule has 0 bridgehead atoms. The Morgan fingerprint density at radius 1 is 0.968 bits per heavy atom. The van der Waals surface area contributed by atoms with Crippen molar-refractivity contribution >= 4 is 21.6 Å². The molecule has 0 atom stereocenters. The third kappa shape index (κ3) is 4.18. The van der Waals surface area contributed by atoms with Crippen LogP contribution in [0.2, 0.25) is 0 Å². The summed E-state index contributed by atoms with van der Waals surface area (Å²) in [6.45, 7) is 2.06. The normalized spacial score (nSPS) is 13.9. The maximum Gasteiger partial charge on any atom is 0.265 e. The number of nitrogens with one attached hydrogen (secondary N) is 1. The van der Waals surface area contributed by atoms with Gasteiger partial charge in [-0.1, -0.05) is 43.3 Å². The number of halogens is 1. The summed E-state index contributed by atoms with van der Waals surface area (Å²) in [5.41, 5.74) is 3.95. The highest BCUT2D eigenvalue weighted by Gasteiger charge is 2.35. The first-order chi connectivity index (χ1) is 14.9. The van der Waals surface area contributed by atoms with Gasteiger partial charge in [-0.3, -0.25) is 9.10 Å². The molecule has 3 aromatic rings. The van der Waals surface area contributed by atoms with Crippen LogP contribution >= 0.6 is 0 Å². The van der Waals surface area contributed by atoms with Gasteiger partial charge in [0.25, 0.3) is 10.0 Å². The molecule has 31 heavy (non-hydrogen) atoms. The minimum Gasteiger partial charge on any atom is -0.354 e. The van der Waals surface area contributed by atoms with Crippen molar-refractivity contribution in [2.24, 2.45) is 0 Å². The van der Waals surface area contributed by atoms with E-state index >= 15 is 0 Å². The SMILES string of the molecule is CCc1ccc2c(c1)-c1ccccc1S(=O)(=O)N2CC(=O)NCCc1ccc(F)cc1. The first kappa shape index (κ1) is 21.1. The Kier molecular flexibility index (Phi) is 5.78. The summed E-state index contributed by atoms with van der Waals surface area (Å²) < 4.78 is 40.8. The van der Waals surface area contributed by atoms with E-state index in [1.807, 2.05) is 25.1 Å². The van der Waals surface area contributed by atoms with Crippen LogP contribution in [0.1, 0.15) is 18.1 Å². The molecule has 0 spiro atoms. The number of benzene rings is 3. The van der Waals surface area contributed by atoms with Gasteiger partial charge in [0.05, 0.1) is 10.6 Å². The molecule has 1 heterocycles. The van der Waals surface area contributed by atoms with E-state index in [4.69, 9.17) is 0 Å². The number of carbonyl (C=O) groups is 1. The topological polar surface area (TPSA) is 66.5 Å². The number of hydrogen-bond acceptors (Lipinski definition) is 3. The van der Waals surface area contributed by atoms with Gasteiger partial charge in [-0.25, -0.2) is 12.8 Å². The Bertz CT molecular complexity index is 1220. The van der Waals surface area contributed by atoms with E-state index in [0.29, 0.717) is 24.2 Å². The summed E-state index contributed by atoms with van der Waals surface area (Å²) in [6, 6.07) is 18.6. The van der Waals surface area contributed by atoms with Crippen LogP contribution in [0.25, 0.3) is 11.1 Å². The summed E-state index contributed by atoms with van der Waals surface area (Å²) in [7, 11) is -3.86. The van der Waals surface area contributed by atoms with Crippen molar-refractivity contribution in [1.29, 1.82) is 0 Å².